The Morgan fingerprint density at radius 1 is 1.10 bits per heavy atom. The number of ether oxygens (including phenoxy) is 1. The monoisotopic (exact) mass is 416 g/mol. The van der Waals surface area contributed by atoms with Crippen molar-refractivity contribution in [3.8, 4) is 5.75 Å². The molecule has 2 rings (SSSR count). The number of rotatable bonds is 10. The molecule has 0 aliphatic heterocycles. The predicted octanol–water partition coefficient (Wildman–Crippen LogP) is 4.07. The first-order valence-electron chi connectivity index (χ1n) is 9.36. The molecule has 2 aromatic carbocycles. The van der Waals surface area contributed by atoms with Crippen molar-refractivity contribution in [3.63, 3.8) is 0 Å². The van der Waals surface area contributed by atoms with Gasteiger partial charge in [-0.15, -0.1) is 0 Å². The Balaban J connectivity index is 2.06. The number of benzene rings is 2. The van der Waals surface area contributed by atoms with Crippen LogP contribution >= 0.6 is 11.6 Å². The third-order valence-corrected chi connectivity index (χ3v) is 4.53. The number of methoxy groups -OCH3 is 1. The Labute approximate surface area is 175 Å². The summed E-state index contributed by atoms with van der Waals surface area (Å²) in [6, 6.07) is 14.6. The van der Waals surface area contributed by atoms with E-state index in [9.17, 15) is 9.59 Å². The van der Waals surface area contributed by atoms with Crippen LogP contribution in [0.25, 0.3) is 11.6 Å². The van der Waals surface area contributed by atoms with Crippen molar-refractivity contribution < 1.29 is 19.5 Å². The molecule has 0 heterocycles. The molecule has 0 saturated heterocycles. The molecule has 0 atom stereocenters. The standard InChI is InChI=1S/C22H25ClN2O4/c1-29-19-11-9-17(10-12-19)20(15-16-6-5-7-18(23)14-16)22(27)24-13-4-2-3-8-21(26)25-28/h5-7,9-12,14-15,28H,2-4,8,13H2,1H3,(H,24,27)(H,25,26)/b20-15+. The van der Waals surface area contributed by atoms with E-state index in [0.29, 0.717) is 29.3 Å². The lowest BCUT2D eigenvalue weighted by molar-refractivity contribution is -0.129. The van der Waals surface area contributed by atoms with Crippen LogP contribution in [-0.2, 0) is 9.59 Å². The number of hydrogen-bond acceptors (Lipinski definition) is 4. The maximum absolute atomic E-state index is 12.8. The average molecular weight is 417 g/mol. The largest absolute Gasteiger partial charge is 0.497 e. The van der Waals surface area contributed by atoms with E-state index in [1.54, 1.807) is 42.9 Å². The van der Waals surface area contributed by atoms with Crippen molar-refractivity contribution in [1.82, 2.24) is 10.8 Å². The minimum Gasteiger partial charge on any atom is -0.497 e. The second kappa shape index (κ2) is 11.9. The summed E-state index contributed by atoms with van der Waals surface area (Å²) in [5.74, 6) is 0.117. The SMILES string of the molecule is COc1ccc(/C(=C\c2cccc(Cl)c2)C(=O)NCCCCCC(=O)NO)cc1. The number of hydroxylamine groups is 1. The third kappa shape index (κ3) is 7.60. The van der Waals surface area contributed by atoms with E-state index < -0.39 is 5.91 Å². The summed E-state index contributed by atoms with van der Waals surface area (Å²) in [7, 11) is 1.59. The van der Waals surface area contributed by atoms with Crippen LogP contribution in [-0.4, -0.2) is 30.7 Å². The zero-order chi connectivity index (χ0) is 21.1. The van der Waals surface area contributed by atoms with Crippen LogP contribution in [0, 0.1) is 0 Å². The molecule has 2 aromatic rings. The number of carbonyl (C=O) groups is 2. The molecule has 0 aliphatic rings. The molecule has 29 heavy (non-hydrogen) atoms. The highest BCUT2D eigenvalue weighted by Gasteiger charge is 2.12. The zero-order valence-electron chi connectivity index (χ0n) is 16.3. The smallest absolute Gasteiger partial charge is 0.251 e. The highest BCUT2D eigenvalue weighted by atomic mass is 35.5. The van der Waals surface area contributed by atoms with Crippen LogP contribution < -0.4 is 15.5 Å². The summed E-state index contributed by atoms with van der Waals surface area (Å²) < 4.78 is 5.19. The fourth-order valence-corrected chi connectivity index (χ4v) is 2.95. The fourth-order valence-electron chi connectivity index (χ4n) is 2.75. The van der Waals surface area contributed by atoms with E-state index in [2.05, 4.69) is 5.32 Å². The van der Waals surface area contributed by atoms with Gasteiger partial charge in [0, 0.05) is 23.6 Å². The summed E-state index contributed by atoms with van der Waals surface area (Å²) in [6.45, 7) is 0.489. The highest BCUT2D eigenvalue weighted by molar-refractivity contribution is 6.31. The molecule has 0 unspecified atom stereocenters. The Morgan fingerprint density at radius 3 is 2.52 bits per heavy atom. The zero-order valence-corrected chi connectivity index (χ0v) is 17.0. The molecular formula is C22H25ClN2O4. The first kappa shape index (κ1) is 22.5. The lowest BCUT2D eigenvalue weighted by Crippen LogP contribution is -2.25. The molecule has 0 spiro atoms. The van der Waals surface area contributed by atoms with Gasteiger partial charge in [0.25, 0.3) is 5.91 Å². The molecule has 0 bridgehead atoms. The predicted molar refractivity (Wildman–Crippen MR) is 114 cm³/mol. The summed E-state index contributed by atoms with van der Waals surface area (Å²) >= 11 is 6.07. The van der Waals surface area contributed by atoms with Gasteiger partial charge >= 0.3 is 0 Å². The molecule has 0 radical (unpaired) electrons. The Hall–Kier alpha value is -2.83. The van der Waals surface area contributed by atoms with Gasteiger partial charge in [-0.2, -0.15) is 0 Å². The Morgan fingerprint density at radius 2 is 1.86 bits per heavy atom. The fraction of sp³-hybridized carbons (Fsp3) is 0.273. The molecule has 0 aliphatic carbocycles. The van der Waals surface area contributed by atoms with Gasteiger partial charge < -0.3 is 10.1 Å². The van der Waals surface area contributed by atoms with E-state index in [4.69, 9.17) is 21.5 Å². The summed E-state index contributed by atoms with van der Waals surface area (Å²) in [6.07, 6.45) is 4.21. The third-order valence-electron chi connectivity index (χ3n) is 4.30. The molecule has 7 heteroatoms. The number of nitrogens with one attached hydrogen (secondary N) is 2. The van der Waals surface area contributed by atoms with Crippen LogP contribution in [0.15, 0.2) is 48.5 Å². The number of unbranched alkanes of at least 4 members (excludes halogenated alkanes) is 2. The van der Waals surface area contributed by atoms with Crippen molar-refractivity contribution in [3.05, 3.63) is 64.7 Å². The number of amides is 2. The molecule has 0 fully saturated rings. The van der Waals surface area contributed by atoms with Gasteiger partial charge in [-0.1, -0.05) is 42.3 Å². The molecule has 0 saturated carbocycles. The van der Waals surface area contributed by atoms with Crippen LogP contribution in [0.2, 0.25) is 5.02 Å². The van der Waals surface area contributed by atoms with Crippen LogP contribution in [0.1, 0.15) is 36.8 Å². The highest BCUT2D eigenvalue weighted by Crippen LogP contribution is 2.23. The maximum atomic E-state index is 12.8. The van der Waals surface area contributed by atoms with Crippen molar-refractivity contribution in [2.75, 3.05) is 13.7 Å². The first-order valence-corrected chi connectivity index (χ1v) is 9.74. The van der Waals surface area contributed by atoms with Crippen molar-refractivity contribution in [1.29, 1.82) is 0 Å². The minimum absolute atomic E-state index is 0.191. The molecule has 154 valence electrons. The summed E-state index contributed by atoms with van der Waals surface area (Å²) in [5, 5.41) is 12.0. The molecular weight excluding hydrogens is 392 g/mol. The van der Waals surface area contributed by atoms with Crippen LogP contribution in [0.4, 0.5) is 0 Å². The van der Waals surface area contributed by atoms with Crippen molar-refractivity contribution >= 4 is 35.1 Å². The van der Waals surface area contributed by atoms with Gasteiger partial charge in [-0.05, 0) is 54.3 Å². The summed E-state index contributed by atoms with van der Waals surface area (Å²) in [5.41, 5.74) is 3.72. The van der Waals surface area contributed by atoms with E-state index in [-0.39, 0.29) is 12.3 Å². The topological polar surface area (TPSA) is 87.7 Å². The molecule has 3 N–H and O–H groups in total. The van der Waals surface area contributed by atoms with Crippen molar-refractivity contribution in [2.45, 2.75) is 25.7 Å². The van der Waals surface area contributed by atoms with Gasteiger partial charge in [0.15, 0.2) is 0 Å². The summed E-state index contributed by atoms with van der Waals surface area (Å²) in [4.78, 5) is 23.8. The van der Waals surface area contributed by atoms with E-state index >= 15 is 0 Å². The second-order valence-corrected chi connectivity index (χ2v) is 6.88. The van der Waals surface area contributed by atoms with Gasteiger partial charge in [0.05, 0.1) is 7.11 Å². The van der Waals surface area contributed by atoms with E-state index in [1.807, 2.05) is 24.3 Å². The normalized spacial score (nSPS) is 11.1. The van der Waals surface area contributed by atoms with Gasteiger partial charge in [-0.3, -0.25) is 14.8 Å². The quantitative estimate of drug-likeness (QED) is 0.179. The lowest BCUT2D eigenvalue weighted by atomic mass is 10.0. The minimum atomic E-state index is -0.403. The molecule has 2 amide bonds. The van der Waals surface area contributed by atoms with E-state index in [0.717, 1.165) is 24.0 Å². The number of halogens is 1. The van der Waals surface area contributed by atoms with Gasteiger partial charge in [-0.25, -0.2) is 5.48 Å². The first-order chi connectivity index (χ1) is 14.0. The maximum Gasteiger partial charge on any atom is 0.251 e. The van der Waals surface area contributed by atoms with Crippen LogP contribution in [0.5, 0.6) is 5.75 Å². The Kier molecular flexibility index (Phi) is 9.21. The average Bonchev–Trinajstić information content (AvgIpc) is 2.74. The Bertz CT molecular complexity index is 850. The van der Waals surface area contributed by atoms with Crippen LogP contribution in [0.3, 0.4) is 0 Å². The van der Waals surface area contributed by atoms with Crippen molar-refractivity contribution in [2.24, 2.45) is 0 Å². The van der Waals surface area contributed by atoms with Gasteiger partial charge in [0.1, 0.15) is 5.75 Å². The molecule has 0 aromatic heterocycles. The molecule has 6 nitrogen and oxygen atoms in total. The lowest BCUT2D eigenvalue weighted by Gasteiger charge is -2.11. The van der Waals surface area contributed by atoms with Gasteiger partial charge in [0.2, 0.25) is 5.91 Å². The van der Waals surface area contributed by atoms with E-state index in [1.165, 1.54) is 0 Å². The number of carbonyl (C=O) groups excluding carboxylic acids is 2. The second-order valence-electron chi connectivity index (χ2n) is 6.44. The number of hydrogen-bond donors (Lipinski definition) is 3.